The van der Waals surface area contributed by atoms with Gasteiger partial charge in [-0.15, -0.1) is 0 Å². The van der Waals surface area contributed by atoms with Crippen molar-refractivity contribution in [3.63, 3.8) is 0 Å². The van der Waals surface area contributed by atoms with Crippen molar-refractivity contribution in [2.45, 2.75) is 0 Å². The third kappa shape index (κ3) is 1.47. The molecule has 82 valence electrons. The molecule has 3 rings (SSSR count). The number of aryl methyl sites for hydroxylation is 1. The molecule has 3 heterocycles. The van der Waals surface area contributed by atoms with Crippen molar-refractivity contribution in [2.75, 3.05) is 0 Å². The minimum atomic E-state index is 0.581. The zero-order valence-corrected chi connectivity index (χ0v) is 9.20. The number of hydrogen-bond acceptors (Lipinski definition) is 3. The summed E-state index contributed by atoms with van der Waals surface area (Å²) in [6, 6.07) is 5.94. The van der Waals surface area contributed by atoms with E-state index in [4.69, 9.17) is 5.26 Å². The largest absolute Gasteiger partial charge is 0.340 e. The predicted molar refractivity (Wildman–Crippen MR) is 62.1 cm³/mol. The third-order valence-corrected chi connectivity index (χ3v) is 2.64. The molecule has 0 spiro atoms. The number of nitriles is 1. The second-order valence-electron chi connectivity index (χ2n) is 3.84. The molecule has 0 bridgehead atoms. The van der Waals surface area contributed by atoms with E-state index in [0.717, 1.165) is 16.8 Å². The first kappa shape index (κ1) is 9.60. The van der Waals surface area contributed by atoms with Crippen molar-refractivity contribution >= 4 is 5.52 Å². The lowest BCUT2D eigenvalue weighted by atomic mass is 10.2. The SMILES string of the molecule is Cn1cnc(-c2ccc3c(C#N)cnn3c2)c1. The van der Waals surface area contributed by atoms with Crippen LogP contribution in [0.2, 0.25) is 0 Å². The molecule has 17 heavy (non-hydrogen) atoms. The smallest absolute Gasteiger partial charge is 0.103 e. The summed E-state index contributed by atoms with van der Waals surface area (Å²) in [5.41, 5.74) is 3.26. The first-order chi connectivity index (χ1) is 8.28. The zero-order valence-electron chi connectivity index (χ0n) is 9.20. The van der Waals surface area contributed by atoms with Crippen molar-refractivity contribution in [2.24, 2.45) is 7.05 Å². The number of aromatic nitrogens is 4. The molecule has 0 atom stereocenters. The van der Waals surface area contributed by atoms with Crippen LogP contribution in [0.1, 0.15) is 5.56 Å². The van der Waals surface area contributed by atoms with Gasteiger partial charge in [0.05, 0.1) is 29.3 Å². The van der Waals surface area contributed by atoms with Crippen LogP contribution in [0.25, 0.3) is 16.8 Å². The van der Waals surface area contributed by atoms with Gasteiger partial charge in [-0.3, -0.25) is 0 Å². The molecule has 0 saturated carbocycles. The molecule has 3 aromatic heterocycles. The van der Waals surface area contributed by atoms with Crippen LogP contribution in [0.15, 0.2) is 37.1 Å². The second-order valence-corrected chi connectivity index (χ2v) is 3.84. The average Bonchev–Trinajstić information content (AvgIpc) is 2.94. The fourth-order valence-electron chi connectivity index (χ4n) is 1.78. The molecule has 0 fully saturated rings. The lowest BCUT2D eigenvalue weighted by Crippen LogP contribution is -1.88. The summed E-state index contributed by atoms with van der Waals surface area (Å²) in [6.07, 6.45) is 7.13. The maximum absolute atomic E-state index is 8.90. The molecule has 5 nitrogen and oxygen atoms in total. The Bertz CT molecular complexity index is 729. The molecule has 0 unspecified atom stereocenters. The lowest BCUT2D eigenvalue weighted by molar-refractivity contribution is 0.913. The van der Waals surface area contributed by atoms with Gasteiger partial charge in [-0.05, 0) is 12.1 Å². The molecule has 0 aromatic carbocycles. The average molecular weight is 223 g/mol. The summed E-state index contributed by atoms with van der Waals surface area (Å²) >= 11 is 0. The van der Waals surface area contributed by atoms with Gasteiger partial charge in [-0.25, -0.2) is 9.50 Å². The Morgan fingerprint density at radius 2 is 2.18 bits per heavy atom. The van der Waals surface area contributed by atoms with Crippen molar-refractivity contribution in [3.05, 3.63) is 42.6 Å². The van der Waals surface area contributed by atoms with Gasteiger partial charge in [0.15, 0.2) is 0 Å². The van der Waals surface area contributed by atoms with Crippen LogP contribution in [-0.2, 0) is 7.05 Å². The van der Waals surface area contributed by atoms with Crippen LogP contribution in [0.4, 0.5) is 0 Å². The standard InChI is InChI=1S/C12H9N5/c1-16-7-11(14-8-16)9-2-3-12-10(4-13)5-15-17(12)6-9/h2-3,5-8H,1H3. The summed E-state index contributed by atoms with van der Waals surface area (Å²) in [7, 11) is 1.93. The quantitative estimate of drug-likeness (QED) is 0.629. The zero-order chi connectivity index (χ0) is 11.8. The molecule has 0 aliphatic rings. The van der Waals surface area contributed by atoms with E-state index >= 15 is 0 Å². The first-order valence-electron chi connectivity index (χ1n) is 5.14. The van der Waals surface area contributed by atoms with Crippen LogP contribution >= 0.6 is 0 Å². The normalized spacial score (nSPS) is 10.6. The maximum Gasteiger partial charge on any atom is 0.103 e. The predicted octanol–water partition coefficient (Wildman–Crippen LogP) is 1.61. The van der Waals surface area contributed by atoms with E-state index < -0.39 is 0 Å². The highest BCUT2D eigenvalue weighted by Gasteiger charge is 2.06. The van der Waals surface area contributed by atoms with Crippen LogP contribution in [0, 0.1) is 11.3 Å². The molecule has 0 radical (unpaired) electrons. The van der Waals surface area contributed by atoms with Crippen molar-refractivity contribution in [1.82, 2.24) is 19.2 Å². The summed E-state index contributed by atoms with van der Waals surface area (Å²) in [5, 5.41) is 13.0. The minimum Gasteiger partial charge on any atom is -0.340 e. The van der Waals surface area contributed by atoms with E-state index in [-0.39, 0.29) is 0 Å². The molecule has 0 amide bonds. The van der Waals surface area contributed by atoms with E-state index in [1.807, 2.05) is 36.1 Å². The molecule has 3 aromatic rings. The monoisotopic (exact) mass is 223 g/mol. The van der Waals surface area contributed by atoms with E-state index in [1.165, 1.54) is 0 Å². The molecule has 0 N–H and O–H groups in total. The van der Waals surface area contributed by atoms with E-state index in [0.29, 0.717) is 5.56 Å². The number of rotatable bonds is 1. The van der Waals surface area contributed by atoms with Crippen LogP contribution in [0.3, 0.4) is 0 Å². The Morgan fingerprint density at radius 1 is 1.29 bits per heavy atom. The molecular formula is C12H9N5. The summed E-state index contributed by atoms with van der Waals surface area (Å²) in [6.45, 7) is 0. The maximum atomic E-state index is 8.90. The highest BCUT2D eigenvalue weighted by molar-refractivity contribution is 5.65. The summed E-state index contributed by atoms with van der Waals surface area (Å²) in [5.74, 6) is 0. The number of pyridine rings is 1. The van der Waals surface area contributed by atoms with Crippen LogP contribution < -0.4 is 0 Å². The van der Waals surface area contributed by atoms with Crippen LogP contribution in [0.5, 0.6) is 0 Å². The van der Waals surface area contributed by atoms with Crippen molar-refractivity contribution < 1.29 is 0 Å². The third-order valence-electron chi connectivity index (χ3n) is 2.64. The Kier molecular flexibility index (Phi) is 1.95. The minimum absolute atomic E-state index is 0.581. The summed E-state index contributed by atoms with van der Waals surface area (Å²) < 4.78 is 3.59. The Labute approximate surface area is 97.6 Å². The summed E-state index contributed by atoms with van der Waals surface area (Å²) in [4.78, 5) is 4.28. The van der Waals surface area contributed by atoms with Gasteiger partial charge in [0.25, 0.3) is 0 Å². The van der Waals surface area contributed by atoms with Crippen LogP contribution in [-0.4, -0.2) is 19.2 Å². The van der Waals surface area contributed by atoms with Gasteiger partial charge in [-0.1, -0.05) is 0 Å². The van der Waals surface area contributed by atoms with Gasteiger partial charge < -0.3 is 4.57 Å². The Hall–Kier alpha value is -2.61. The molecular weight excluding hydrogens is 214 g/mol. The number of hydrogen-bond donors (Lipinski definition) is 0. The second kappa shape index (κ2) is 3.46. The number of nitrogens with zero attached hydrogens (tertiary/aromatic N) is 5. The van der Waals surface area contributed by atoms with E-state index in [2.05, 4.69) is 16.2 Å². The van der Waals surface area contributed by atoms with Gasteiger partial charge in [-0.2, -0.15) is 10.4 Å². The lowest BCUT2D eigenvalue weighted by Gasteiger charge is -1.98. The van der Waals surface area contributed by atoms with Gasteiger partial charge >= 0.3 is 0 Å². The fourth-order valence-corrected chi connectivity index (χ4v) is 1.78. The van der Waals surface area contributed by atoms with Crippen molar-refractivity contribution in [1.29, 1.82) is 5.26 Å². The Morgan fingerprint density at radius 3 is 2.88 bits per heavy atom. The van der Waals surface area contributed by atoms with E-state index in [1.54, 1.807) is 17.0 Å². The number of imidazole rings is 1. The van der Waals surface area contributed by atoms with E-state index in [9.17, 15) is 0 Å². The van der Waals surface area contributed by atoms with Crippen molar-refractivity contribution in [3.8, 4) is 17.3 Å². The number of fused-ring (bicyclic) bond motifs is 1. The van der Waals surface area contributed by atoms with Gasteiger partial charge in [0.2, 0.25) is 0 Å². The highest BCUT2D eigenvalue weighted by Crippen LogP contribution is 2.19. The molecule has 0 aliphatic heterocycles. The first-order valence-corrected chi connectivity index (χ1v) is 5.14. The topological polar surface area (TPSA) is 58.9 Å². The fraction of sp³-hybridized carbons (Fsp3) is 0.0833. The molecule has 0 saturated heterocycles. The molecule has 5 heteroatoms. The van der Waals surface area contributed by atoms with Gasteiger partial charge in [0, 0.05) is 25.0 Å². The Balaban J connectivity index is 2.18. The molecule has 0 aliphatic carbocycles. The van der Waals surface area contributed by atoms with Gasteiger partial charge in [0.1, 0.15) is 6.07 Å². The highest BCUT2D eigenvalue weighted by atomic mass is 15.2.